The summed E-state index contributed by atoms with van der Waals surface area (Å²) in [6.07, 6.45) is 4.97. The maximum atomic E-state index is 14.7. The summed E-state index contributed by atoms with van der Waals surface area (Å²) in [6, 6.07) is 5.05. The van der Waals surface area contributed by atoms with Crippen LogP contribution in [0, 0.1) is 12.7 Å². The van der Waals surface area contributed by atoms with E-state index in [1.54, 1.807) is 29.5 Å². The third-order valence-corrected chi connectivity index (χ3v) is 5.47. The van der Waals surface area contributed by atoms with Gasteiger partial charge in [0.15, 0.2) is 0 Å². The molecule has 2 aromatic rings. The molecule has 4 rings (SSSR count). The van der Waals surface area contributed by atoms with E-state index in [-0.39, 0.29) is 17.0 Å². The van der Waals surface area contributed by atoms with Gasteiger partial charge in [-0.25, -0.2) is 9.18 Å². The van der Waals surface area contributed by atoms with Gasteiger partial charge in [0.1, 0.15) is 12.7 Å². The molecule has 1 atom stereocenters. The fraction of sp³-hybridized carbons (Fsp3) is 0.500. The number of nitrogens with zero attached hydrogens (tertiary/aromatic N) is 2. The van der Waals surface area contributed by atoms with Crippen molar-refractivity contribution in [3.8, 4) is 0 Å². The highest BCUT2D eigenvalue weighted by Gasteiger charge is 2.31. The minimum Gasteiger partial charge on any atom is -0.403 e. The molecule has 2 aliphatic rings. The van der Waals surface area contributed by atoms with Crippen molar-refractivity contribution in [2.45, 2.75) is 57.1 Å². The van der Waals surface area contributed by atoms with Crippen molar-refractivity contribution in [3.05, 3.63) is 53.1 Å². The molecule has 148 valence electrons. The van der Waals surface area contributed by atoms with Gasteiger partial charge in [-0.05, 0) is 54.7 Å². The zero-order valence-electron chi connectivity index (χ0n) is 16.4. The van der Waals surface area contributed by atoms with Crippen molar-refractivity contribution < 1.29 is 13.9 Å². The lowest BCUT2D eigenvalue weighted by molar-refractivity contribution is 0.0304. The first-order valence-corrected chi connectivity index (χ1v) is 9.90. The molecule has 2 fully saturated rings. The molecule has 0 bridgehead atoms. The standard InChI is InChI=1S/C22H26FN2O3/c1-22(2,3)28-21(27)24-9-4-5-17(13-24)25-10-8-15-11-16(14-6-7-14)12-18(23)19(15)20(25)26/h8,10-12,14,17H,1,4-7,9,13H2,2-3H3/q+1/t17-/m1/s1. The number of rotatable bonds is 3. The predicted octanol–water partition coefficient (Wildman–Crippen LogP) is 4.40. The SMILES string of the molecule is [CH2+]C(C)(C)OC(=O)N1CCC[C@@H](n2ccc3cc(C4CC4)cc(F)c3c2=O)C1. The summed E-state index contributed by atoms with van der Waals surface area (Å²) in [5.74, 6) is -0.0267. The van der Waals surface area contributed by atoms with E-state index in [0.29, 0.717) is 24.4 Å². The number of hydrogen-bond acceptors (Lipinski definition) is 3. The quantitative estimate of drug-likeness (QED) is 0.736. The third kappa shape index (κ3) is 3.73. The van der Waals surface area contributed by atoms with Gasteiger partial charge in [0.05, 0.1) is 11.4 Å². The van der Waals surface area contributed by atoms with E-state index in [1.165, 1.54) is 6.07 Å². The summed E-state index contributed by atoms with van der Waals surface area (Å²) in [4.78, 5) is 27.0. The molecule has 0 radical (unpaired) electrons. The van der Waals surface area contributed by atoms with E-state index in [2.05, 4.69) is 6.92 Å². The summed E-state index contributed by atoms with van der Waals surface area (Å²) in [6.45, 7) is 8.18. The Morgan fingerprint density at radius 1 is 1.29 bits per heavy atom. The highest BCUT2D eigenvalue weighted by atomic mass is 19.1. The van der Waals surface area contributed by atoms with Crippen LogP contribution in [0.2, 0.25) is 0 Å². The molecule has 1 saturated heterocycles. The number of fused-ring (bicyclic) bond motifs is 1. The highest BCUT2D eigenvalue weighted by Crippen LogP contribution is 2.41. The van der Waals surface area contributed by atoms with E-state index in [9.17, 15) is 14.0 Å². The summed E-state index contributed by atoms with van der Waals surface area (Å²) in [7, 11) is 0. The van der Waals surface area contributed by atoms with Crippen molar-refractivity contribution in [2.24, 2.45) is 0 Å². The predicted molar refractivity (Wildman–Crippen MR) is 106 cm³/mol. The number of amides is 1. The van der Waals surface area contributed by atoms with Crippen LogP contribution in [-0.2, 0) is 4.74 Å². The van der Waals surface area contributed by atoms with Crippen molar-refractivity contribution in [2.75, 3.05) is 13.1 Å². The molecule has 2 heterocycles. The molecule has 1 amide bonds. The first-order valence-electron chi connectivity index (χ1n) is 9.90. The number of hydrogen-bond donors (Lipinski definition) is 0. The van der Waals surface area contributed by atoms with Gasteiger partial charge in [-0.1, -0.05) is 6.07 Å². The number of likely N-dealkylation sites (tertiary alicyclic amines) is 1. The Bertz CT molecular complexity index is 972. The Morgan fingerprint density at radius 3 is 2.71 bits per heavy atom. The average Bonchev–Trinajstić information content (AvgIpc) is 3.45. The van der Waals surface area contributed by atoms with Crippen LogP contribution >= 0.6 is 0 Å². The summed E-state index contributed by atoms with van der Waals surface area (Å²) in [5.41, 5.74) is -0.175. The minimum absolute atomic E-state index is 0.130. The van der Waals surface area contributed by atoms with Gasteiger partial charge in [-0.2, -0.15) is 0 Å². The Kier molecular flexibility index (Phi) is 4.60. The first kappa shape index (κ1) is 18.8. The van der Waals surface area contributed by atoms with Crippen LogP contribution in [0.15, 0.2) is 29.2 Å². The number of halogens is 1. The van der Waals surface area contributed by atoms with Gasteiger partial charge < -0.3 is 14.2 Å². The van der Waals surface area contributed by atoms with Gasteiger partial charge >= 0.3 is 6.09 Å². The molecule has 1 aliphatic carbocycles. The summed E-state index contributed by atoms with van der Waals surface area (Å²) < 4.78 is 21.6. The summed E-state index contributed by atoms with van der Waals surface area (Å²) in [5, 5.41) is 0.777. The molecule has 1 aliphatic heterocycles. The minimum atomic E-state index is -0.813. The van der Waals surface area contributed by atoms with Crippen LogP contribution in [0.3, 0.4) is 0 Å². The number of benzene rings is 1. The number of piperidine rings is 1. The van der Waals surface area contributed by atoms with Crippen LogP contribution < -0.4 is 5.56 Å². The van der Waals surface area contributed by atoms with E-state index in [4.69, 9.17) is 4.74 Å². The topological polar surface area (TPSA) is 51.5 Å². The number of aromatic nitrogens is 1. The lowest BCUT2D eigenvalue weighted by atomic mass is 10.0. The number of carbonyl (C=O) groups is 1. The van der Waals surface area contributed by atoms with E-state index >= 15 is 0 Å². The van der Waals surface area contributed by atoms with Crippen molar-refractivity contribution in [3.63, 3.8) is 0 Å². The second-order valence-corrected chi connectivity index (χ2v) is 8.64. The van der Waals surface area contributed by atoms with Crippen molar-refractivity contribution in [1.29, 1.82) is 0 Å². The second kappa shape index (κ2) is 6.83. The van der Waals surface area contributed by atoms with Crippen LogP contribution in [0.5, 0.6) is 0 Å². The Labute approximate surface area is 164 Å². The van der Waals surface area contributed by atoms with Gasteiger partial charge in [0.25, 0.3) is 5.56 Å². The fourth-order valence-corrected chi connectivity index (χ4v) is 3.95. The number of pyridine rings is 1. The largest absolute Gasteiger partial charge is 0.413 e. The zero-order valence-corrected chi connectivity index (χ0v) is 16.4. The maximum Gasteiger partial charge on any atom is 0.413 e. The summed E-state index contributed by atoms with van der Waals surface area (Å²) >= 11 is 0. The molecular weight excluding hydrogens is 359 g/mol. The Hall–Kier alpha value is -2.50. The Morgan fingerprint density at radius 2 is 2.04 bits per heavy atom. The normalized spacial score (nSPS) is 20.4. The fourth-order valence-electron chi connectivity index (χ4n) is 3.95. The van der Waals surface area contributed by atoms with Gasteiger partial charge in [-0.15, -0.1) is 0 Å². The molecule has 5 nitrogen and oxygen atoms in total. The van der Waals surface area contributed by atoms with E-state index in [0.717, 1.165) is 31.2 Å². The second-order valence-electron chi connectivity index (χ2n) is 8.64. The molecule has 6 heteroatoms. The molecule has 28 heavy (non-hydrogen) atoms. The molecule has 0 unspecified atom stereocenters. The zero-order chi connectivity index (χ0) is 20.1. The maximum absolute atomic E-state index is 14.7. The van der Waals surface area contributed by atoms with Gasteiger partial charge in [0.2, 0.25) is 5.60 Å². The third-order valence-electron chi connectivity index (χ3n) is 5.47. The van der Waals surface area contributed by atoms with E-state index in [1.807, 2.05) is 12.1 Å². The molecular formula is C22H26FN2O3+. The van der Waals surface area contributed by atoms with E-state index < -0.39 is 17.5 Å². The smallest absolute Gasteiger partial charge is 0.403 e. The Balaban J connectivity index is 1.62. The van der Waals surface area contributed by atoms with Crippen LogP contribution in [0.25, 0.3) is 10.8 Å². The van der Waals surface area contributed by atoms with Crippen molar-refractivity contribution >= 4 is 16.9 Å². The monoisotopic (exact) mass is 385 g/mol. The van der Waals surface area contributed by atoms with Crippen LogP contribution in [0.1, 0.15) is 57.1 Å². The lowest BCUT2D eigenvalue weighted by Crippen LogP contribution is -2.45. The first-order chi connectivity index (χ1) is 13.2. The van der Waals surface area contributed by atoms with Gasteiger partial charge in [-0.3, -0.25) is 4.79 Å². The van der Waals surface area contributed by atoms with Gasteiger partial charge in [0, 0.05) is 33.1 Å². The van der Waals surface area contributed by atoms with Crippen LogP contribution in [-0.4, -0.2) is 34.3 Å². The van der Waals surface area contributed by atoms with Crippen molar-refractivity contribution in [1.82, 2.24) is 9.47 Å². The molecule has 1 aromatic heterocycles. The average molecular weight is 385 g/mol. The molecule has 0 N–H and O–H groups in total. The highest BCUT2D eigenvalue weighted by molar-refractivity contribution is 5.83. The molecule has 1 aromatic carbocycles. The molecule has 0 spiro atoms. The van der Waals surface area contributed by atoms with Crippen LogP contribution in [0.4, 0.5) is 9.18 Å². The number of ether oxygens (including phenoxy) is 1. The number of carbonyl (C=O) groups excluding carboxylic acids is 1. The molecule has 1 saturated carbocycles. The lowest BCUT2D eigenvalue weighted by Gasteiger charge is -2.33.